The minimum absolute atomic E-state index is 0.225. The Labute approximate surface area is 148 Å². The van der Waals surface area contributed by atoms with E-state index in [-0.39, 0.29) is 13.2 Å². The molecule has 140 valence electrons. The number of carbonyl (C=O) groups is 1. The number of rotatable bonds is 6. The van der Waals surface area contributed by atoms with Crippen LogP contribution >= 0.6 is 0 Å². The fourth-order valence-corrected chi connectivity index (χ4v) is 2.15. The molecule has 0 saturated carbocycles. The number of hydrogen-bond acceptors (Lipinski definition) is 3. The highest BCUT2D eigenvalue weighted by molar-refractivity contribution is 5.75. The summed E-state index contributed by atoms with van der Waals surface area (Å²) in [5, 5.41) is 0. The van der Waals surface area contributed by atoms with E-state index >= 15 is 0 Å². The molecule has 1 aromatic heterocycles. The van der Waals surface area contributed by atoms with Crippen LogP contribution in [-0.4, -0.2) is 35.6 Å². The van der Waals surface area contributed by atoms with E-state index in [9.17, 15) is 22.8 Å². The number of alkyl halides is 3. The normalized spacial score (nSPS) is 11.3. The molecule has 1 heterocycles. The van der Waals surface area contributed by atoms with Gasteiger partial charge in [0.2, 0.25) is 5.91 Å². The van der Waals surface area contributed by atoms with Gasteiger partial charge in [-0.3, -0.25) is 9.59 Å². The van der Waals surface area contributed by atoms with Crippen molar-refractivity contribution in [2.24, 2.45) is 0 Å². The summed E-state index contributed by atoms with van der Waals surface area (Å²) in [5.74, 6) is 0.171. The topological polar surface area (TPSA) is 51.5 Å². The van der Waals surface area contributed by atoms with Gasteiger partial charge in [-0.1, -0.05) is 17.7 Å². The van der Waals surface area contributed by atoms with Crippen LogP contribution in [0.1, 0.15) is 11.1 Å². The molecule has 8 heteroatoms. The van der Waals surface area contributed by atoms with Crippen molar-refractivity contribution >= 4 is 5.91 Å². The monoisotopic (exact) mass is 368 g/mol. The van der Waals surface area contributed by atoms with Crippen LogP contribution in [0.3, 0.4) is 0 Å². The van der Waals surface area contributed by atoms with Gasteiger partial charge in [-0.15, -0.1) is 0 Å². The summed E-state index contributed by atoms with van der Waals surface area (Å²) in [5.41, 5.74) is -0.554. The van der Waals surface area contributed by atoms with Crippen LogP contribution in [0, 0.1) is 6.92 Å². The number of benzene rings is 1. The number of pyridine rings is 1. The molecule has 26 heavy (non-hydrogen) atoms. The van der Waals surface area contributed by atoms with Crippen LogP contribution in [0.15, 0.2) is 47.4 Å². The van der Waals surface area contributed by atoms with Gasteiger partial charge in [-0.25, -0.2) is 0 Å². The lowest BCUT2D eigenvalue weighted by Crippen LogP contribution is -2.36. The number of carbonyl (C=O) groups excluding carboxylic acids is 1. The van der Waals surface area contributed by atoms with Gasteiger partial charge < -0.3 is 14.2 Å². The van der Waals surface area contributed by atoms with Gasteiger partial charge >= 0.3 is 6.18 Å². The molecule has 1 amide bonds. The number of aryl methyl sites for hydroxylation is 1. The highest BCUT2D eigenvalue weighted by Crippen LogP contribution is 2.28. The Morgan fingerprint density at radius 1 is 1.15 bits per heavy atom. The van der Waals surface area contributed by atoms with Gasteiger partial charge in [0.05, 0.1) is 12.1 Å². The maximum absolute atomic E-state index is 12.7. The minimum Gasteiger partial charge on any atom is -0.492 e. The van der Waals surface area contributed by atoms with E-state index in [4.69, 9.17) is 4.74 Å². The van der Waals surface area contributed by atoms with Crippen molar-refractivity contribution in [3.8, 4) is 5.75 Å². The Kier molecular flexibility index (Phi) is 6.07. The Balaban J connectivity index is 1.92. The van der Waals surface area contributed by atoms with Crippen molar-refractivity contribution in [3.05, 3.63) is 64.1 Å². The number of likely N-dealkylation sites (N-methyl/N-ethyl adjacent to an activating group) is 1. The molecule has 2 aromatic rings. The quantitative estimate of drug-likeness (QED) is 0.788. The number of nitrogens with zero attached hydrogens (tertiary/aromatic N) is 2. The Hall–Kier alpha value is -2.77. The Morgan fingerprint density at radius 3 is 2.42 bits per heavy atom. The molecule has 2 rings (SSSR count). The second-order valence-electron chi connectivity index (χ2n) is 5.86. The number of ether oxygens (including phenoxy) is 1. The van der Waals surface area contributed by atoms with Crippen molar-refractivity contribution in [2.45, 2.75) is 19.6 Å². The zero-order valence-electron chi connectivity index (χ0n) is 14.4. The van der Waals surface area contributed by atoms with Crippen LogP contribution in [0.25, 0.3) is 0 Å². The molecule has 0 unspecified atom stereocenters. The smallest absolute Gasteiger partial charge is 0.417 e. The minimum atomic E-state index is -4.58. The third kappa shape index (κ3) is 5.37. The first-order valence-corrected chi connectivity index (χ1v) is 7.88. The summed E-state index contributed by atoms with van der Waals surface area (Å²) < 4.78 is 44.4. The summed E-state index contributed by atoms with van der Waals surface area (Å²) in [6.45, 7) is 1.94. The van der Waals surface area contributed by atoms with Crippen molar-refractivity contribution in [1.29, 1.82) is 0 Å². The molecule has 0 aliphatic carbocycles. The zero-order chi connectivity index (χ0) is 19.3. The lowest BCUT2D eigenvalue weighted by atomic mass is 10.2. The van der Waals surface area contributed by atoms with Crippen molar-refractivity contribution in [1.82, 2.24) is 9.47 Å². The predicted molar refractivity (Wildman–Crippen MR) is 90.0 cm³/mol. The average molecular weight is 368 g/mol. The summed E-state index contributed by atoms with van der Waals surface area (Å²) in [6.07, 6.45) is -3.93. The summed E-state index contributed by atoms with van der Waals surface area (Å²) in [7, 11) is 1.50. The number of halogens is 3. The predicted octanol–water partition coefficient (Wildman–Crippen LogP) is 2.71. The van der Waals surface area contributed by atoms with E-state index < -0.39 is 29.8 Å². The summed E-state index contributed by atoms with van der Waals surface area (Å²) in [6, 6.07) is 8.90. The van der Waals surface area contributed by atoms with Crippen molar-refractivity contribution in [3.63, 3.8) is 0 Å². The fraction of sp³-hybridized carbons (Fsp3) is 0.333. The van der Waals surface area contributed by atoms with Crippen molar-refractivity contribution < 1.29 is 22.7 Å². The van der Waals surface area contributed by atoms with E-state index in [1.165, 1.54) is 11.9 Å². The first-order chi connectivity index (χ1) is 12.2. The highest BCUT2D eigenvalue weighted by atomic mass is 19.4. The van der Waals surface area contributed by atoms with Gasteiger partial charge in [0.1, 0.15) is 18.9 Å². The van der Waals surface area contributed by atoms with Crippen LogP contribution in [0.4, 0.5) is 13.2 Å². The average Bonchev–Trinajstić information content (AvgIpc) is 2.57. The molecule has 0 bridgehead atoms. The molecular formula is C18H19F3N2O3. The Morgan fingerprint density at radius 2 is 1.81 bits per heavy atom. The molecule has 0 N–H and O–H groups in total. The summed E-state index contributed by atoms with van der Waals surface area (Å²) >= 11 is 0. The molecule has 0 fully saturated rings. The van der Waals surface area contributed by atoms with E-state index in [2.05, 4.69) is 0 Å². The zero-order valence-corrected chi connectivity index (χ0v) is 14.4. The lowest BCUT2D eigenvalue weighted by Gasteiger charge is -2.18. The second-order valence-corrected chi connectivity index (χ2v) is 5.86. The molecule has 1 aromatic carbocycles. The first kappa shape index (κ1) is 19.6. The van der Waals surface area contributed by atoms with Crippen molar-refractivity contribution in [2.75, 3.05) is 20.2 Å². The van der Waals surface area contributed by atoms with Crippen LogP contribution in [-0.2, 0) is 17.5 Å². The number of amides is 1. The van der Waals surface area contributed by atoms with E-state index in [1.54, 1.807) is 12.1 Å². The first-order valence-electron chi connectivity index (χ1n) is 7.88. The Bertz CT molecular complexity index is 814. The molecule has 0 spiro atoms. The van der Waals surface area contributed by atoms with Gasteiger partial charge in [-0.05, 0) is 25.1 Å². The van der Waals surface area contributed by atoms with Gasteiger partial charge in [0, 0.05) is 19.3 Å². The van der Waals surface area contributed by atoms with Gasteiger partial charge in [0.25, 0.3) is 5.56 Å². The fourth-order valence-electron chi connectivity index (χ4n) is 2.15. The third-order valence-electron chi connectivity index (χ3n) is 3.76. The van der Waals surface area contributed by atoms with Crippen LogP contribution < -0.4 is 10.3 Å². The molecule has 5 nitrogen and oxygen atoms in total. The maximum Gasteiger partial charge on any atom is 0.417 e. The third-order valence-corrected chi connectivity index (χ3v) is 3.76. The largest absolute Gasteiger partial charge is 0.492 e. The second kappa shape index (κ2) is 8.07. The summed E-state index contributed by atoms with van der Waals surface area (Å²) in [4.78, 5) is 25.1. The molecule has 0 atom stereocenters. The number of hydrogen-bond donors (Lipinski definition) is 0. The molecule has 0 aliphatic heterocycles. The molecular weight excluding hydrogens is 349 g/mol. The highest BCUT2D eigenvalue weighted by Gasteiger charge is 2.31. The maximum atomic E-state index is 12.7. The van der Waals surface area contributed by atoms with Gasteiger partial charge in [-0.2, -0.15) is 13.2 Å². The van der Waals surface area contributed by atoms with E-state index in [0.717, 1.165) is 16.2 Å². The molecule has 0 radical (unpaired) electrons. The molecule has 0 saturated heterocycles. The lowest BCUT2D eigenvalue weighted by molar-refractivity contribution is -0.138. The van der Waals surface area contributed by atoms with Crippen LogP contribution in [0.2, 0.25) is 0 Å². The van der Waals surface area contributed by atoms with Gasteiger partial charge in [0.15, 0.2) is 0 Å². The number of aromatic nitrogens is 1. The molecule has 0 aliphatic rings. The van der Waals surface area contributed by atoms with E-state index in [1.807, 2.05) is 19.1 Å². The standard InChI is InChI=1S/C18H19F3N2O3/c1-13-3-6-15(7-4-13)26-10-9-22(2)17(25)12-23-11-14(18(19,20)21)5-8-16(23)24/h3-8,11H,9-10,12H2,1-2H3. The SMILES string of the molecule is Cc1ccc(OCCN(C)C(=O)Cn2cc(C(F)(F)F)ccc2=O)cc1. The van der Waals surface area contributed by atoms with E-state index in [0.29, 0.717) is 18.0 Å². The van der Waals surface area contributed by atoms with Crippen LogP contribution in [0.5, 0.6) is 5.75 Å².